The monoisotopic (exact) mass is 180 g/mol. The second-order valence-corrected chi connectivity index (χ2v) is 3.35. The maximum Gasteiger partial charge on any atom is 0.169 e. The second-order valence-electron chi connectivity index (χ2n) is 3.35. The molecule has 0 amide bonds. The minimum Gasteiger partial charge on any atom is -0.394 e. The number of nitrogens with two attached hydrogens (primary N) is 1. The van der Waals surface area contributed by atoms with Crippen LogP contribution in [0.15, 0.2) is 12.4 Å². The summed E-state index contributed by atoms with van der Waals surface area (Å²) in [6.45, 7) is 0.114. The molecule has 1 aliphatic rings. The molecule has 4 N–H and O–H groups in total. The van der Waals surface area contributed by atoms with Crippen molar-refractivity contribution in [3.8, 4) is 0 Å². The predicted octanol–water partition coefficient (Wildman–Crippen LogP) is -0.00440. The third-order valence-electron chi connectivity index (χ3n) is 2.27. The number of anilines is 2. The lowest BCUT2D eigenvalue weighted by Crippen LogP contribution is -2.26. The van der Waals surface area contributed by atoms with Gasteiger partial charge in [0.2, 0.25) is 0 Å². The standard InChI is InChI=1S/C8H12N4O/c9-6-7(11-4-3-10-6)12-8(5-13)1-2-8/h3-4,13H,1-2,5H2,(H2,9,10)(H,11,12). The minimum absolute atomic E-state index is 0.114. The van der Waals surface area contributed by atoms with E-state index in [1.54, 1.807) is 12.4 Å². The van der Waals surface area contributed by atoms with Gasteiger partial charge in [-0.3, -0.25) is 0 Å². The van der Waals surface area contributed by atoms with Crippen LogP contribution in [0.4, 0.5) is 11.6 Å². The van der Waals surface area contributed by atoms with Gasteiger partial charge in [0.25, 0.3) is 0 Å². The van der Waals surface area contributed by atoms with Gasteiger partial charge in [-0.2, -0.15) is 0 Å². The normalized spacial score (nSPS) is 18.2. The summed E-state index contributed by atoms with van der Waals surface area (Å²) < 4.78 is 0. The van der Waals surface area contributed by atoms with Crippen LogP contribution >= 0.6 is 0 Å². The quantitative estimate of drug-likeness (QED) is 0.609. The molecule has 0 aromatic carbocycles. The molecule has 5 nitrogen and oxygen atoms in total. The molecule has 5 heteroatoms. The third kappa shape index (κ3) is 1.55. The summed E-state index contributed by atoms with van der Waals surface area (Å²) in [5, 5.41) is 12.2. The van der Waals surface area contributed by atoms with Crippen LogP contribution in [-0.4, -0.2) is 27.2 Å². The summed E-state index contributed by atoms with van der Waals surface area (Å²) in [5.41, 5.74) is 5.40. The molecule has 1 aromatic heterocycles. The third-order valence-corrected chi connectivity index (χ3v) is 2.27. The van der Waals surface area contributed by atoms with Gasteiger partial charge in [0.05, 0.1) is 12.1 Å². The van der Waals surface area contributed by atoms with Gasteiger partial charge in [-0.25, -0.2) is 9.97 Å². The number of hydrogen-bond acceptors (Lipinski definition) is 5. The molecule has 2 rings (SSSR count). The molecule has 1 aromatic rings. The van der Waals surface area contributed by atoms with E-state index >= 15 is 0 Å². The summed E-state index contributed by atoms with van der Waals surface area (Å²) in [6.07, 6.45) is 5.03. The highest BCUT2D eigenvalue weighted by Gasteiger charge is 2.42. The highest BCUT2D eigenvalue weighted by molar-refractivity contribution is 5.57. The van der Waals surface area contributed by atoms with Gasteiger partial charge >= 0.3 is 0 Å². The van der Waals surface area contributed by atoms with Crippen molar-refractivity contribution in [3.63, 3.8) is 0 Å². The first kappa shape index (κ1) is 8.25. The maximum absolute atomic E-state index is 9.06. The fraction of sp³-hybridized carbons (Fsp3) is 0.500. The molecule has 1 saturated carbocycles. The first-order chi connectivity index (χ1) is 6.26. The van der Waals surface area contributed by atoms with E-state index in [1.165, 1.54) is 0 Å². The first-order valence-corrected chi connectivity index (χ1v) is 4.21. The summed E-state index contributed by atoms with van der Waals surface area (Å²) >= 11 is 0. The van der Waals surface area contributed by atoms with Crippen LogP contribution in [0.5, 0.6) is 0 Å². The van der Waals surface area contributed by atoms with Crippen molar-refractivity contribution in [3.05, 3.63) is 12.4 Å². The Kier molecular flexibility index (Phi) is 1.81. The van der Waals surface area contributed by atoms with E-state index in [9.17, 15) is 0 Å². The van der Waals surface area contributed by atoms with E-state index in [4.69, 9.17) is 10.8 Å². The van der Waals surface area contributed by atoms with Gasteiger partial charge in [-0.15, -0.1) is 0 Å². The fourth-order valence-electron chi connectivity index (χ4n) is 1.17. The number of nitrogens with zero attached hydrogens (tertiary/aromatic N) is 2. The molecule has 0 saturated heterocycles. The van der Waals surface area contributed by atoms with Crippen molar-refractivity contribution in [2.75, 3.05) is 17.7 Å². The Bertz CT molecular complexity index is 311. The highest BCUT2D eigenvalue weighted by atomic mass is 16.3. The molecule has 0 aliphatic heterocycles. The molecule has 13 heavy (non-hydrogen) atoms. The minimum atomic E-state index is -0.190. The van der Waals surface area contributed by atoms with Crippen molar-refractivity contribution in [1.29, 1.82) is 0 Å². The molecule has 0 spiro atoms. The van der Waals surface area contributed by atoms with Crippen LogP contribution in [0.2, 0.25) is 0 Å². The van der Waals surface area contributed by atoms with Gasteiger partial charge in [-0.05, 0) is 12.8 Å². The Balaban J connectivity index is 2.14. The summed E-state index contributed by atoms with van der Waals surface area (Å²) in [7, 11) is 0. The largest absolute Gasteiger partial charge is 0.394 e. The average Bonchev–Trinajstić information content (AvgIpc) is 2.90. The lowest BCUT2D eigenvalue weighted by atomic mass is 10.3. The molecule has 1 fully saturated rings. The maximum atomic E-state index is 9.06. The molecule has 0 atom stereocenters. The number of rotatable bonds is 3. The molecule has 0 unspecified atom stereocenters. The van der Waals surface area contributed by atoms with Crippen LogP contribution in [0.1, 0.15) is 12.8 Å². The average molecular weight is 180 g/mol. The Hall–Kier alpha value is -1.36. The molecule has 70 valence electrons. The van der Waals surface area contributed by atoms with Crippen molar-refractivity contribution < 1.29 is 5.11 Å². The summed E-state index contributed by atoms with van der Waals surface area (Å²) in [6, 6.07) is 0. The Morgan fingerprint density at radius 3 is 2.69 bits per heavy atom. The van der Waals surface area contributed by atoms with Crippen LogP contribution in [-0.2, 0) is 0 Å². The summed E-state index contributed by atoms with van der Waals surface area (Å²) in [4.78, 5) is 7.94. The van der Waals surface area contributed by atoms with Crippen molar-refractivity contribution in [2.45, 2.75) is 18.4 Å². The molecular weight excluding hydrogens is 168 g/mol. The van der Waals surface area contributed by atoms with Crippen molar-refractivity contribution >= 4 is 11.6 Å². The SMILES string of the molecule is Nc1nccnc1NC1(CO)CC1. The highest BCUT2D eigenvalue weighted by Crippen LogP contribution is 2.38. The second kappa shape index (κ2) is 2.85. The topological polar surface area (TPSA) is 84.1 Å². The van der Waals surface area contributed by atoms with Crippen LogP contribution in [0, 0.1) is 0 Å². The number of aliphatic hydroxyl groups excluding tert-OH is 1. The number of aromatic nitrogens is 2. The Labute approximate surface area is 76.0 Å². The van der Waals surface area contributed by atoms with E-state index in [0.29, 0.717) is 11.6 Å². The molecule has 0 bridgehead atoms. The molecule has 1 heterocycles. The smallest absolute Gasteiger partial charge is 0.169 e. The lowest BCUT2D eigenvalue weighted by Gasteiger charge is -2.15. The van der Waals surface area contributed by atoms with Crippen molar-refractivity contribution in [1.82, 2.24) is 9.97 Å². The Morgan fingerprint density at radius 1 is 1.46 bits per heavy atom. The summed E-state index contributed by atoms with van der Waals surface area (Å²) in [5.74, 6) is 0.941. The molecule has 1 aliphatic carbocycles. The molecular formula is C8H12N4O. The number of hydrogen-bond donors (Lipinski definition) is 3. The van der Waals surface area contributed by atoms with E-state index in [1.807, 2.05) is 0 Å². The molecule has 0 radical (unpaired) electrons. The Morgan fingerprint density at radius 2 is 2.15 bits per heavy atom. The van der Waals surface area contributed by atoms with Gasteiger partial charge < -0.3 is 16.2 Å². The van der Waals surface area contributed by atoms with E-state index in [2.05, 4.69) is 15.3 Å². The van der Waals surface area contributed by atoms with Gasteiger partial charge in [0.15, 0.2) is 11.6 Å². The number of aliphatic hydroxyl groups is 1. The lowest BCUT2D eigenvalue weighted by molar-refractivity contribution is 0.266. The zero-order valence-electron chi connectivity index (χ0n) is 7.20. The zero-order chi connectivity index (χ0) is 9.31. The van der Waals surface area contributed by atoms with E-state index in [-0.39, 0.29) is 12.1 Å². The van der Waals surface area contributed by atoms with Gasteiger partial charge in [0.1, 0.15) is 0 Å². The van der Waals surface area contributed by atoms with Crippen LogP contribution in [0.25, 0.3) is 0 Å². The van der Waals surface area contributed by atoms with Crippen LogP contribution in [0.3, 0.4) is 0 Å². The van der Waals surface area contributed by atoms with E-state index < -0.39 is 0 Å². The van der Waals surface area contributed by atoms with Crippen LogP contribution < -0.4 is 11.1 Å². The number of nitrogens with one attached hydrogen (secondary N) is 1. The zero-order valence-corrected chi connectivity index (χ0v) is 7.20. The van der Waals surface area contributed by atoms with Crippen molar-refractivity contribution in [2.24, 2.45) is 0 Å². The predicted molar refractivity (Wildman–Crippen MR) is 49.1 cm³/mol. The van der Waals surface area contributed by atoms with E-state index in [0.717, 1.165) is 12.8 Å². The fourth-order valence-corrected chi connectivity index (χ4v) is 1.17. The van der Waals surface area contributed by atoms with Gasteiger partial charge in [-0.1, -0.05) is 0 Å². The number of nitrogen functional groups attached to an aromatic ring is 1. The first-order valence-electron chi connectivity index (χ1n) is 4.21. The van der Waals surface area contributed by atoms with Gasteiger partial charge in [0, 0.05) is 12.4 Å².